The fourth-order valence-corrected chi connectivity index (χ4v) is 3.74. The van der Waals surface area contributed by atoms with Gasteiger partial charge in [-0.15, -0.1) is 0 Å². The molecule has 3 unspecified atom stereocenters. The smallest absolute Gasteiger partial charge is 0.0136 e. The van der Waals surface area contributed by atoms with Gasteiger partial charge in [0.1, 0.15) is 0 Å². The lowest BCUT2D eigenvalue weighted by Crippen LogP contribution is -2.44. The molecule has 3 atom stereocenters. The fourth-order valence-electron chi connectivity index (χ4n) is 3.74. The summed E-state index contributed by atoms with van der Waals surface area (Å²) in [6.45, 7) is 10.7. The predicted molar refractivity (Wildman–Crippen MR) is 73.9 cm³/mol. The first-order valence-corrected chi connectivity index (χ1v) is 7.46. The third-order valence-corrected chi connectivity index (χ3v) is 5.09. The maximum absolute atomic E-state index is 5.96. The zero-order valence-corrected chi connectivity index (χ0v) is 11.9. The van der Waals surface area contributed by atoms with Crippen molar-refractivity contribution in [1.82, 2.24) is 4.90 Å². The van der Waals surface area contributed by atoms with Crippen molar-refractivity contribution in [2.75, 3.05) is 19.6 Å². The van der Waals surface area contributed by atoms with Crippen LogP contribution < -0.4 is 5.73 Å². The highest BCUT2D eigenvalue weighted by Crippen LogP contribution is 2.37. The molecular weight excluding hydrogens is 208 g/mol. The number of nitrogens with zero attached hydrogens (tertiary/aromatic N) is 1. The van der Waals surface area contributed by atoms with E-state index in [9.17, 15) is 0 Å². The van der Waals surface area contributed by atoms with Gasteiger partial charge in [0.05, 0.1) is 0 Å². The maximum Gasteiger partial charge on any atom is 0.0136 e. The summed E-state index contributed by atoms with van der Waals surface area (Å²) in [6.07, 6.45) is 6.95. The van der Waals surface area contributed by atoms with Gasteiger partial charge in [0, 0.05) is 12.6 Å². The highest BCUT2D eigenvalue weighted by atomic mass is 15.2. The number of likely N-dealkylation sites (tertiary alicyclic amines) is 1. The van der Waals surface area contributed by atoms with E-state index in [2.05, 4.69) is 25.7 Å². The Labute approximate surface area is 107 Å². The van der Waals surface area contributed by atoms with E-state index in [1.165, 1.54) is 45.2 Å². The van der Waals surface area contributed by atoms with E-state index < -0.39 is 0 Å². The molecule has 0 radical (unpaired) electrons. The monoisotopic (exact) mass is 238 g/mol. The molecule has 2 fully saturated rings. The minimum absolute atomic E-state index is 0.474. The van der Waals surface area contributed by atoms with E-state index in [0.717, 1.165) is 24.4 Å². The molecule has 0 amide bonds. The van der Waals surface area contributed by atoms with Crippen molar-refractivity contribution >= 4 is 0 Å². The molecule has 2 rings (SSSR count). The van der Waals surface area contributed by atoms with Crippen molar-refractivity contribution in [1.29, 1.82) is 0 Å². The highest BCUT2D eigenvalue weighted by molar-refractivity contribution is 4.91. The molecule has 2 N–H and O–H groups in total. The second kappa shape index (κ2) is 5.27. The number of rotatable bonds is 2. The first kappa shape index (κ1) is 13.4. The Kier molecular flexibility index (Phi) is 4.14. The minimum atomic E-state index is 0.474. The van der Waals surface area contributed by atoms with Crippen LogP contribution in [-0.2, 0) is 0 Å². The van der Waals surface area contributed by atoms with Gasteiger partial charge in [-0.3, -0.25) is 4.90 Å². The van der Waals surface area contributed by atoms with Gasteiger partial charge >= 0.3 is 0 Å². The molecule has 0 bridgehead atoms. The molecule has 1 saturated carbocycles. The molecule has 17 heavy (non-hydrogen) atoms. The van der Waals surface area contributed by atoms with E-state index in [0.29, 0.717) is 5.41 Å². The zero-order valence-electron chi connectivity index (χ0n) is 11.9. The van der Waals surface area contributed by atoms with Crippen molar-refractivity contribution in [3.8, 4) is 0 Å². The van der Waals surface area contributed by atoms with Crippen molar-refractivity contribution in [3.05, 3.63) is 0 Å². The van der Waals surface area contributed by atoms with Crippen LogP contribution in [-0.4, -0.2) is 30.6 Å². The Morgan fingerprint density at radius 1 is 1.12 bits per heavy atom. The topological polar surface area (TPSA) is 29.3 Å². The SMILES string of the molecule is CC(C)(C)C1CCN(C2CCCCC2CN)C1. The van der Waals surface area contributed by atoms with Crippen LogP contribution in [0, 0.1) is 17.3 Å². The van der Waals surface area contributed by atoms with Gasteiger partial charge < -0.3 is 5.73 Å². The zero-order chi connectivity index (χ0) is 12.5. The van der Waals surface area contributed by atoms with Gasteiger partial charge in [-0.1, -0.05) is 33.6 Å². The Bertz CT molecular complexity index is 244. The van der Waals surface area contributed by atoms with Gasteiger partial charge in [0.15, 0.2) is 0 Å². The maximum atomic E-state index is 5.96. The molecular formula is C15H30N2. The fraction of sp³-hybridized carbons (Fsp3) is 1.00. The van der Waals surface area contributed by atoms with Crippen LogP contribution in [0.5, 0.6) is 0 Å². The van der Waals surface area contributed by atoms with Crippen LogP contribution in [0.15, 0.2) is 0 Å². The largest absolute Gasteiger partial charge is 0.330 e. The van der Waals surface area contributed by atoms with Gasteiger partial charge in [0.25, 0.3) is 0 Å². The summed E-state index contributed by atoms with van der Waals surface area (Å²) < 4.78 is 0. The molecule has 1 aliphatic carbocycles. The Hall–Kier alpha value is -0.0800. The van der Waals surface area contributed by atoms with Crippen LogP contribution in [0.3, 0.4) is 0 Å². The Morgan fingerprint density at radius 3 is 2.41 bits per heavy atom. The third-order valence-electron chi connectivity index (χ3n) is 5.09. The lowest BCUT2D eigenvalue weighted by Gasteiger charge is -2.38. The molecule has 1 aliphatic heterocycles. The Balaban J connectivity index is 1.95. The second-order valence-corrected chi connectivity index (χ2v) is 7.19. The molecule has 0 aromatic heterocycles. The van der Waals surface area contributed by atoms with Crippen LogP contribution in [0.4, 0.5) is 0 Å². The number of nitrogens with two attached hydrogens (primary N) is 1. The van der Waals surface area contributed by atoms with Crippen LogP contribution in [0.1, 0.15) is 52.9 Å². The predicted octanol–water partition coefficient (Wildman–Crippen LogP) is 2.87. The standard InChI is InChI=1S/C15H30N2/c1-15(2,3)13-8-9-17(11-13)14-7-5-4-6-12(14)10-16/h12-14H,4-11,16H2,1-3H3. The van der Waals surface area contributed by atoms with Crippen LogP contribution in [0.2, 0.25) is 0 Å². The molecule has 2 heteroatoms. The first-order chi connectivity index (χ1) is 8.02. The van der Waals surface area contributed by atoms with Crippen molar-refractivity contribution < 1.29 is 0 Å². The van der Waals surface area contributed by atoms with Crippen LogP contribution in [0.25, 0.3) is 0 Å². The van der Waals surface area contributed by atoms with Crippen LogP contribution >= 0.6 is 0 Å². The molecule has 0 spiro atoms. The molecule has 0 aromatic rings. The lowest BCUT2D eigenvalue weighted by atomic mass is 9.80. The quantitative estimate of drug-likeness (QED) is 0.801. The summed E-state index contributed by atoms with van der Waals surface area (Å²) >= 11 is 0. The molecule has 1 heterocycles. The number of hydrogen-bond acceptors (Lipinski definition) is 2. The molecule has 0 aromatic carbocycles. The molecule has 2 nitrogen and oxygen atoms in total. The summed E-state index contributed by atoms with van der Waals surface area (Å²) in [5.41, 5.74) is 6.43. The summed E-state index contributed by atoms with van der Waals surface area (Å²) in [5.74, 6) is 1.64. The average Bonchev–Trinajstić information content (AvgIpc) is 2.77. The summed E-state index contributed by atoms with van der Waals surface area (Å²) in [5, 5.41) is 0. The molecule has 100 valence electrons. The van der Waals surface area contributed by atoms with Crippen molar-refractivity contribution in [3.63, 3.8) is 0 Å². The second-order valence-electron chi connectivity index (χ2n) is 7.19. The van der Waals surface area contributed by atoms with Gasteiger partial charge in [-0.05, 0) is 49.6 Å². The van der Waals surface area contributed by atoms with E-state index >= 15 is 0 Å². The number of hydrogen-bond donors (Lipinski definition) is 1. The van der Waals surface area contributed by atoms with Crippen molar-refractivity contribution in [2.45, 2.75) is 58.9 Å². The lowest BCUT2D eigenvalue weighted by molar-refractivity contribution is 0.118. The van der Waals surface area contributed by atoms with Gasteiger partial charge in [-0.2, -0.15) is 0 Å². The van der Waals surface area contributed by atoms with E-state index in [1.807, 2.05) is 0 Å². The van der Waals surface area contributed by atoms with Gasteiger partial charge in [0.2, 0.25) is 0 Å². The highest BCUT2D eigenvalue weighted by Gasteiger charge is 2.37. The first-order valence-electron chi connectivity index (χ1n) is 7.46. The summed E-state index contributed by atoms with van der Waals surface area (Å²) in [7, 11) is 0. The van der Waals surface area contributed by atoms with Gasteiger partial charge in [-0.25, -0.2) is 0 Å². The Morgan fingerprint density at radius 2 is 1.82 bits per heavy atom. The minimum Gasteiger partial charge on any atom is -0.330 e. The average molecular weight is 238 g/mol. The summed E-state index contributed by atoms with van der Waals surface area (Å²) in [6, 6.07) is 0.793. The van der Waals surface area contributed by atoms with E-state index in [4.69, 9.17) is 5.73 Å². The third kappa shape index (κ3) is 3.03. The normalized spacial score (nSPS) is 36.4. The summed E-state index contributed by atoms with van der Waals surface area (Å²) in [4.78, 5) is 2.76. The molecule has 2 aliphatic rings. The molecule has 1 saturated heterocycles. The van der Waals surface area contributed by atoms with E-state index in [-0.39, 0.29) is 0 Å². The van der Waals surface area contributed by atoms with E-state index in [1.54, 1.807) is 0 Å². The van der Waals surface area contributed by atoms with Crippen molar-refractivity contribution in [2.24, 2.45) is 23.0 Å².